The summed E-state index contributed by atoms with van der Waals surface area (Å²) in [6.45, 7) is 2.22. The molecule has 0 saturated heterocycles. The SMILES string of the molecule is CCc1nc(-c2ccc(-c3noc(CNC(=O)c4ccco4)n3)cc2)cs1. The predicted molar refractivity (Wildman–Crippen MR) is 100 cm³/mol. The number of amides is 1. The third-order valence-electron chi connectivity index (χ3n) is 3.91. The molecule has 136 valence electrons. The molecular weight excluding hydrogens is 364 g/mol. The van der Waals surface area contributed by atoms with Crippen molar-refractivity contribution in [3.63, 3.8) is 0 Å². The van der Waals surface area contributed by atoms with E-state index in [0.717, 1.165) is 28.2 Å². The number of nitrogens with one attached hydrogen (secondary N) is 1. The summed E-state index contributed by atoms with van der Waals surface area (Å²) in [6, 6.07) is 11.1. The molecule has 3 heterocycles. The Hall–Kier alpha value is -3.26. The lowest BCUT2D eigenvalue weighted by molar-refractivity contribution is 0.0918. The first kappa shape index (κ1) is 17.2. The lowest BCUT2D eigenvalue weighted by Crippen LogP contribution is -2.22. The maximum atomic E-state index is 11.9. The van der Waals surface area contributed by atoms with E-state index in [0.29, 0.717) is 11.7 Å². The fourth-order valence-electron chi connectivity index (χ4n) is 2.49. The van der Waals surface area contributed by atoms with Gasteiger partial charge in [0.25, 0.3) is 5.91 Å². The highest BCUT2D eigenvalue weighted by Crippen LogP contribution is 2.25. The molecule has 0 bridgehead atoms. The summed E-state index contributed by atoms with van der Waals surface area (Å²) in [6.07, 6.45) is 2.38. The highest BCUT2D eigenvalue weighted by Gasteiger charge is 2.13. The Bertz CT molecular complexity index is 1040. The molecule has 0 aliphatic heterocycles. The van der Waals surface area contributed by atoms with Crippen molar-refractivity contribution >= 4 is 17.2 Å². The van der Waals surface area contributed by atoms with Crippen LogP contribution in [0.5, 0.6) is 0 Å². The van der Waals surface area contributed by atoms with Crippen LogP contribution in [0.4, 0.5) is 0 Å². The van der Waals surface area contributed by atoms with Gasteiger partial charge in [0, 0.05) is 16.5 Å². The van der Waals surface area contributed by atoms with Gasteiger partial charge in [-0.3, -0.25) is 4.79 Å². The van der Waals surface area contributed by atoms with Crippen molar-refractivity contribution in [2.24, 2.45) is 0 Å². The molecule has 0 atom stereocenters. The molecule has 8 heteroatoms. The molecule has 27 heavy (non-hydrogen) atoms. The van der Waals surface area contributed by atoms with Crippen LogP contribution in [-0.2, 0) is 13.0 Å². The van der Waals surface area contributed by atoms with Gasteiger partial charge in [-0.15, -0.1) is 11.3 Å². The van der Waals surface area contributed by atoms with Crippen LogP contribution in [0.1, 0.15) is 28.4 Å². The fraction of sp³-hybridized carbons (Fsp3) is 0.158. The number of thiazole rings is 1. The van der Waals surface area contributed by atoms with Crippen molar-refractivity contribution in [1.82, 2.24) is 20.4 Å². The maximum absolute atomic E-state index is 11.9. The second-order valence-corrected chi connectivity index (χ2v) is 6.67. The summed E-state index contributed by atoms with van der Waals surface area (Å²) in [4.78, 5) is 20.8. The molecule has 1 aromatic carbocycles. The lowest BCUT2D eigenvalue weighted by atomic mass is 10.1. The van der Waals surface area contributed by atoms with E-state index in [1.54, 1.807) is 23.5 Å². The summed E-state index contributed by atoms with van der Waals surface area (Å²) in [5.74, 6) is 0.690. The smallest absolute Gasteiger partial charge is 0.287 e. The van der Waals surface area contributed by atoms with E-state index < -0.39 is 0 Å². The number of furan rings is 1. The molecule has 3 aromatic heterocycles. The van der Waals surface area contributed by atoms with Crippen LogP contribution >= 0.6 is 11.3 Å². The molecule has 0 aliphatic rings. The monoisotopic (exact) mass is 380 g/mol. The Morgan fingerprint density at radius 1 is 1.15 bits per heavy atom. The third-order valence-corrected chi connectivity index (χ3v) is 4.90. The number of hydrogen-bond acceptors (Lipinski definition) is 7. The zero-order valence-corrected chi connectivity index (χ0v) is 15.3. The Kier molecular flexibility index (Phi) is 4.80. The van der Waals surface area contributed by atoms with Gasteiger partial charge in [0.15, 0.2) is 5.76 Å². The van der Waals surface area contributed by atoms with Crippen LogP contribution in [-0.4, -0.2) is 21.0 Å². The van der Waals surface area contributed by atoms with E-state index in [2.05, 4.69) is 32.7 Å². The highest BCUT2D eigenvalue weighted by atomic mass is 32.1. The first-order valence-corrected chi connectivity index (χ1v) is 9.30. The summed E-state index contributed by atoms with van der Waals surface area (Å²) in [5, 5.41) is 9.82. The van der Waals surface area contributed by atoms with Gasteiger partial charge < -0.3 is 14.3 Å². The predicted octanol–water partition coefficient (Wildman–Crippen LogP) is 3.95. The van der Waals surface area contributed by atoms with E-state index in [1.807, 2.05) is 24.3 Å². The largest absolute Gasteiger partial charge is 0.459 e. The molecule has 0 fully saturated rings. The van der Waals surface area contributed by atoms with Crippen molar-refractivity contribution in [1.29, 1.82) is 0 Å². The average Bonchev–Trinajstić information content (AvgIpc) is 3.47. The normalized spacial score (nSPS) is 10.9. The van der Waals surface area contributed by atoms with Crippen molar-refractivity contribution in [3.05, 3.63) is 64.7 Å². The molecule has 0 saturated carbocycles. The molecule has 0 radical (unpaired) electrons. The van der Waals surface area contributed by atoms with Crippen molar-refractivity contribution in [2.75, 3.05) is 0 Å². The number of carbonyl (C=O) groups excluding carboxylic acids is 1. The molecule has 0 spiro atoms. The van der Waals surface area contributed by atoms with Crippen LogP contribution in [0.2, 0.25) is 0 Å². The van der Waals surface area contributed by atoms with E-state index in [9.17, 15) is 4.79 Å². The number of aromatic nitrogens is 3. The molecule has 1 amide bonds. The molecule has 7 nitrogen and oxygen atoms in total. The number of rotatable bonds is 6. The quantitative estimate of drug-likeness (QED) is 0.544. The van der Waals surface area contributed by atoms with E-state index >= 15 is 0 Å². The molecule has 0 aliphatic carbocycles. The minimum absolute atomic E-state index is 0.128. The van der Waals surface area contributed by atoms with Gasteiger partial charge in [-0.1, -0.05) is 36.3 Å². The molecule has 4 aromatic rings. The van der Waals surface area contributed by atoms with Gasteiger partial charge in [0.1, 0.15) is 0 Å². The first-order valence-electron chi connectivity index (χ1n) is 8.42. The fourth-order valence-corrected chi connectivity index (χ4v) is 3.24. The van der Waals surface area contributed by atoms with Gasteiger partial charge in [0.05, 0.1) is 23.5 Å². The summed E-state index contributed by atoms with van der Waals surface area (Å²) in [7, 11) is 0. The number of carbonyl (C=O) groups is 1. The van der Waals surface area contributed by atoms with Crippen LogP contribution in [0.15, 0.2) is 57.0 Å². The Labute approximate surface area is 159 Å². The van der Waals surface area contributed by atoms with Gasteiger partial charge in [-0.2, -0.15) is 4.98 Å². The van der Waals surface area contributed by atoms with E-state index in [4.69, 9.17) is 8.94 Å². The van der Waals surface area contributed by atoms with E-state index in [1.165, 1.54) is 6.26 Å². The van der Waals surface area contributed by atoms with Crippen molar-refractivity contribution in [3.8, 4) is 22.6 Å². The van der Waals surface area contributed by atoms with Gasteiger partial charge in [-0.05, 0) is 18.6 Å². The number of benzene rings is 1. The maximum Gasteiger partial charge on any atom is 0.287 e. The topological polar surface area (TPSA) is 94.1 Å². The number of hydrogen-bond donors (Lipinski definition) is 1. The zero-order valence-electron chi connectivity index (χ0n) is 14.5. The zero-order chi connectivity index (χ0) is 18.6. The second kappa shape index (κ2) is 7.55. The number of aryl methyl sites for hydroxylation is 1. The average molecular weight is 380 g/mol. The lowest BCUT2D eigenvalue weighted by Gasteiger charge is -1.99. The second-order valence-electron chi connectivity index (χ2n) is 5.73. The van der Waals surface area contributed by atoms with Crippen LogP contribution in [0.25, 0.3) is 22.6 Å². The van der Waals surface area contributed by atoms with Crippen LogP contribution in [0, 0.1) is 0 Å². The highest BCUT2D eigenvalue weighted by molar-refractivity contribution is 7.09. The Morgan fingerprint density at radius 3 is 2.67 bits per heavy atom. The Balaban J connectivity index is 1.42. The summed E-state index contributed by atoms with van der Waals surface area (Å²) >= 11 is 1.66. The van der Waals surface area contributed by atoms with Gasteiger partial charge in [-0.25, -0.2) is 4.98 Å². The summed E-state index contributed by atoms with van der Waals surface area (Å²) < 4.78 is 10.2. The van der Waals surface area contributed by atoms with Crippen LogP contribution < -0.4 is 5.32 Å². The third kappa shape index (κ3) is 3.80. The van der Waals surface area contributed by atoms with Gasteiger partial charge in [0.2, 0.25) is 11.7 Å². The van der Waals surface area contributed by atoms with Crippen LogP contribution in [0.3, 0.4) is 0 Å². The molecule has 0 unspecified atom stereocenters. The molecular formula is C19H16N4O3S. The number of nitrogens with zero attached hydrogens (tertiary/aromatic N) is 3. The molecule has 4 rings (SSSR count). The standard InChI is InChI=1S/C19H16N4O3S/c1-2-17-21-14(11-27-17)12-5-7-13(8-6-12)18-22-16(26-23-18)10-20-19(24)15-4-3-9-25-15/h3-9,11H,2,10H2,1H3,(H,20,24). The minimum atomic E-state index is -0.334. The van der Waals surface area contributed by atoms with E-state index in [-0.39, 0.29) is 18.2 Å². The first-order chi connectivity index (χ1) is 13.2. The van der Waals surface area contributed by atoms with Gasteiger partial charge >= 0.3 is 0 Å². The summed E-state index contributed by atoms with van der Waals surface area (Å²) in [5.41, 5.74) is 2.85. The molecule has 1 N–H and O–H groups in total. The van der Waals surface area contributed by atoms with Crippen molar-refractivity contribution < 1.29 is 13.7 Å². The Morgan fingerprint density at radius 2 is 1.96 bits per heavy atom. The minimum Gasteiger partial charge on any atom is -0.459 e. The van der Waals surface area contributed by atoms with Crippen molar-refractivity contribution in [2.45, 2.75) is 19.9 Å².